The van der Waals surface area contributed by atoms with Crippen LogP contribution in [0.25, 0.3) is 11.0 Å². The van der Waals surface area contributed by atoms with E-state index in [0.717, 1.165) is 0 Å². The molecule has 0 N–H and O–H groups in total. The fourth-order valence-electron chi connectivity index (χ4n) is 2.11. The van der Waals surface area contributed by atoms with Crippen LogP contribution in [0.3, 0.4) is 0 Å². The first kappa shape index (κ1) is 16.4. The molecule has 0 aliphatic carbocycles. The standard InChI is InChI=1S/C16H17ClO5/c1-3-20-16(19)15-10(2)21-13-7-6-11(9-12(13)15)22-14(18)5-4-8-17/h6-7,9H,3-5,8H2,1-2H3. The quantitative estimate of drug-likeness (QED) is 0.459. The number of benzene rings is 1. The summed E-state index contributed by atoms with van der Waals surface area (Å²) in [5, 5.41) is 0.568. The van der Waals surface area contributed by atoms with Crippen molar-refractivity contribution in [1.29, 1.82) is 0 Å². The first-order valence-corrected chi connectivity index (χ1v) is 7.57. The number of carbonyl (C=O) groups excluding carboxylic acids is 2. The number of alkyl halides is 1. The molecule has 0 aliphatic rings. The molecular weight excluding hydrogens is 308 g/mol. The number of rotatable bonds is 6. The Hall–Kier alpha value is -2.01. The van der Waals surface area contributed by atoms with E-state index in [2.05, 4.69) is 0 Å². The van der Waals surface area contributed by atoms with Crippen molar-refractivity contribution in [2.45, 2.75) is 26.7 Å². The Morgan fingerprint density at radius 3 is 2.77 bits per heavy atom. The molecule has 0 radical (unpaired) electrons. The van der Waals surface area contributed by atoms with Crippen LogP contribution in [0.4, 0.5) is 0 Å². The van der Waals surface area contributed by atoms with E-state index in [-0.39, 0.29) is 19.0 Å². The Bertz CT molecular complexity index is 689. The van der Waals surface area contributed by atoms with E-state index in [4.69, 9.17) is 25.5 Å². The van der Waals surface area contributed by atoms with Crippen molar-refractivity contribution in [2.75, 3.05) is 12.5 Å². The zero-order valence-electron chi connectivity index (χ0n) is 12.5. The molecule has 0 bridgehead atoms. The summed E-state index contributed by atoms with van der Waals surface area (Å²) < 4.78 is 15.8. The van der Waals surface area contributed by atoms with Crippen molar-refractivity contribution >= 4 is 34.5 Å². The number of halogens is 1. The Kier molecular flexibility index (Phi) is 5.44. The highest BCUT2D eigenvalue weighted by atomic mass is 35.5. The summed E-state index contributed by atoms with van der Waals surface area (Å²) in [7, 11) is 0. The Labute approximate surface area is 133 Å². The largest absolute Gasteiger partial charge is 0.462 e. The van der Waals surface area contributed by atoms with Crippen molar-refractivity contribution in [2.24, 2.45) is 0 Å². The van der Waals surface area contributed by atoms with Gasteiger partial charge in [-0.1, -0.05) is 0 Å². The van der Waals surface area contributed by atoms with Gasteiger partial charge in [0, 0.05) is 17.7 Å². The van der Waals surface area contributed by atoms with Crippen LogP contribution in [0, 0.1) is 6.92 Å². The monoisotopic (exact) mass is 324 g/mol. The molecule has 0 saturated carbocycles. The van der Waals surface area contributed by atoms with Gasteiger partial charge >= 0.3 is 11.9 Å². The Morgan fingerprint density at radius 1 is 1.32 bits per heavy atom. The highest BCUT2D eigenvalue weighted by Gasteiger charge is 2.20. The maximum atomic E-state index is 12.0. The Morgan fingerprint density at radius 2 is 2.09 bits per heavy atom. The van der Waals surface area contributed by atoms with Crippen LogP contribution in [0.1, 0.15) is 35.9 Å². The lowest BCUT2D eigenvalue weighted by molar-refractivity contribution is -0.134. The van der Waals surface area contributed by atoms with Crippen molar-refractivity contribution in [3.63, 3.8) is 0 Å². The number of hydrogen-bond donors (Lipinski definition) is 0. The van der Waals surface area contributed by atoms with Gasteiger partial charge in [0.1, 0.15) is 22.7 Å². The first-order chi connectivity index (χ1) is 10.6. The fourth-order valence-corrected chi connectivity index (χ4v) is 2.25. The molecular formula is C16H17ClO5. The fraction of sp³-hybridized carbons (Fsp3) is 0.375. The maximum Gasteiger partial charge on any atom is 0.342 e. The van der Waals surface area contributed by atoms with Crippen LogP contribution < -0.4 is 4.74 Å². The second-order valence-electron chi connectivity index (χ2n) is 4.68. The highest BCUT2D eigenvalue weighted by molar-refractivity contribution is 6.17. The van der Waals surface area contributed by atoms with Gasteiger partial charge in [0.25, 0.3) is 0 Å². The lowest BCUT2D eigenvalue weighted by atomic mass is 10.1. The van der Waals surface area contributed by atoms with Gasteiger partial charge in [-0.3, -0.25) is 4.79 Å². The van der Waals surface area contributed by atoms with Gasteiger partial charge < -0.3 is 13.9 Å². The van der Waals surface area contributed by atoms with Gasteiger partial charge in [0.15, 0.2) is 0 Å². The van der Waals surface area contributed by atoms with Crippen molar-refractivity contribution in [3.05, 3.63) is 29.5 Å². The Balaban J connectivity index is 2.30. The molecule has 0 unspecified atom stereocenters. The number of fused-ring (bicyclic) bond motifs is 1. The molecule has 1 aromatic heterocycles. The minimum Gasteiger partial charge on any atom is -0.462 e. The maximum absolute atomic E-state index is 12.0. The minimum absolute atomic E-state index is 0.247. The molecule has 1 heterocycles. The summed E-state index contributed by atoms with van der Waals surface area (Å²) in [6.45, 7) is 3.70. The highest BCUT2D eigenvalue weighted by Crippen LogP contribution is 2.29. The summed E-state index contributed by atoms with van der Waals surface area (Å²) in [5.41, 5.74) is 0.900. The van der Waals surface area contributed by atoms with Crippen molar-refractivity contribution in [1.82, 2.24) is 0 Å². The van der Waals surface area contributed by atoms with Gasteiger partial charge in [0.2, 0.25) is 0 Å². The molecule has 2 aromatic rings. The molecule has 2 rings (SSSR count). The van der Waals surface area contributed by atoms with Gasteiger partial charge in [0.05, 0.1) is 6.61 Å². The predicted octanol–water partition coefficient (Wildman–Crippen LogP) is 3.84. The summed E-state index contributed by atoms with van der Waals surface area (Å²) in [6.07, 6.45) is 0.804. The second kappa shape index (κ2) is 7.31. The topological polar surface area (TPSA) is 65.7 Å². The number of esters is 2. The van der Waals surface area contributed by atoms with E-state index in [1.807, 2.05) is 0 Å². The summed E-state index contributed by atoms with van der Waals surface area (Å²) >= 11 is 5.54. The third-order valence-corrected chi connectivity index (χ3v) is 3.33. The third kappa shape index (κ3) is 3.60. The molecule has 0 aliphatic heterocycles. The van der Waals surface area contributed by atoms with Crippen LogP contribution in [0.5, 0.6) is 5.75 Å². The van der Waals surface area contributed by atoms with Gasteiger partial charge in [-0.2, -0.15) is 0 Å². The average molecular weight is 325 g/mol. The first-order valence-electron chi connectivity index (χ1n) is 7.03. The van der Waals surface area contributed by atoms with Gasteiger partial charge in [-0.05, 0) is 38.5 Å². The molecule has 0 fully saturated rings. The number of ether oxygens (including phenoxy) is 2. The van der Waals surface area contributed by atoms with E-state index >= 15 is 0 Å². The van der Waals surface area contributed by atoms with E-state index in [1.54, 1.807) is 32.0 Å². The zero-order valence-corrected chi connectivity index (χ0v) is 13.2. The molecule has 1 aromatic carbocycles. The van der Waals surface area contributed by atoms with Gasteiger partial charge in [-0.15, -0.1) is 11.6 Å². The summed E-state index contributed by atoms with van der Waals surface area (Å²) in [6, 6.07) is 4.89. The van der Waals surface area contributed by atoms with Gasteiger partial charge in [-0.25, -0.2) is 4.79 Å². The summed E-state index contributed by atoms with van der Waals surface area (Å²) in [4.78, 5) is 23.6. The normalized spacial score (nSPS) is 10.7. The van der Waals surface area contributed by atoms with Crippen LogP contribution in [-0.4, -0.2) is 24.4 Å². The molecule has 5 nitrogen and oxygen atoms in total. The molecule has 0 amide bonds. The van der Waals surface area contributed by atoms with E-state index in [9.17, 15) is 9.59 Å². The van der Waals surface area contributed by atoms with E-state index < -0.39 is 5.97 Å². The molecule has 0 saturated heterocycles. The lowest BCUT2D eigenvalue weighted by Crippen LogP contribution is -2.08. The molecule has 0 spiro atoms. The SMILES string of the molecule is CCOC(=O)c1c(C)oc2ccc(OC(=O)CCCCl)cc12. The van der Waals surface area contributed by atoms with Crippen molar-refractivity contribution < 1.29 is 23.5 Å². The smallest absolute Gasteiger partial charge is 0.342 e. The second-order valence-corrected chi connectivity index (χ2v) is 5.06. The molecule has 118 valence electrons. The number of aryl methyl sites for hydroxylation is 1. The minimum atomic E-state index is -0.454. The summed E-state index contributed by atoms with van der Waals surface area (Å²) in [5.74, 6) is 0.418. The van der Waals surface area contributed by atoms with Crippen LogP contribution in [0.15, 0.2) is 22.6 Å². The molecule has 6 heteroatoms. The van der Waals surface area contributed by atoms with Crippen LogP contribution >= 0.6 is 11.6 Å². The third-order valence-electron chi connectivity index (χ3n) is 3.06. The number of hydrogen-bond acceptors (Lipinski definition) is 5. The number of furan rings is 1. The van der Waals surface area contributed by atoms with E-state index in [1.165, 1.54) is 0 Å². The van der Waals surface area contributed by atoms with Crippen LogP contribution in [0.2, 0.25) is 0 Å². The predicted molar refractivity (Wildman–Crippen MR) is 82.5 cm³/mol. The zero-order chi connectivity index (χ0) is 16.1. The molecule has 22 heavy (non-hydrogen) atoms. The van der Waals surface area contributed by atoms with Crippen molar-refractivity contribution in [3.8, 4) is 5.75 Å². The van der Waals surface area contributed by atoms with Crippen LogP contribution in [-0.2, 0) is 9.53 Å². The van der Waals surface area contributed by atoms with E-state index in [0.29, 0.717) is 40.3 Å². The number of carbonyl (C=O) groups is 2. The lowest BCUT2D eigenvalue weighted by Gasteiger charge is -2.04. The average Bonchev–Trinajstić information content (AvgIpc) is 2.80. The molecule has 0 atom stereocenters.